The zero-order valence-corrected chi connectivity index (χ0v) is 21.3. The number of likely N-dealkylation sites (N-methyl/N-ethyl adjacent to an activating group) is 1. The lowest BCUT2D eigenvalue weighted by Crippen LogP contribution is -2.44. The Balaban J connectivity index is 1.38. The molecule has 3 heterocycles. The van der Waals surface area contributed by atoms with Crippen molar-refractivity contribution in [2.24, 2.45) is 0 Å². The summed E-state index contributed by atoms with van der Waals surface area (Å²) in [6.07, 6.45) is 7.98. The second kappa shape index (κ2) is 10.5. The Labute approximate surface area is 211 Å². The molecule has 0 bridgehead atoms. The zero-order valence-electron chi connectivity index (χ0n) is 21.3. The molecule has 36 heavy (non-hydrogen) atoms. The number of fused-ring (bicyclic) bond motifs is 1. The highest BCUT2D eigenvalue weighted by Crippen LogP contribution is 2.25. The molecule has 8 heteroatoms. The van der Waals surface area contributed by atoms with E-state index in [1.165, 1.54) is 5.69 Å². The third kappa shape index (κ3) is 5.44. The van der Waals surface area contributed by atoms with Gasteiger partial charge in [0.05, 0.1) is 12.6 Å². The van der Waals surface area contributed by atoms with E-state index < -0.39 is 0 Å². The summed E-state index contributed by atoms with van der Waals surface area (Å²) in [5.74, 6) is 1.31. The smallest absolute Gasteiger partial charge is 0.252 e. The van der Waals surface area contributed by atoms with Crippen LogP contribution in [-0.4, -0.2) is 58.8 Å². The summed E-state index contributed by atoms with van der Waals surface area (Å²) < 4.78 is 7.72. The number of ether oxygens (including phenoxy) is 1. The quantitative estimate of drug-likeness (QED) is 0.533. The summed E-state index contributed by atoms with van der Waals surface area (Å²) in [4.78, 5) is 26.9. The highest BCUT2D eigenvalue weighted by molar-refractivity contribution is 5.76. The van der Waals surface area contributed by atoms with Crippen LogP contribution in [0.5, 0.6) is 0 Å². The molecule has 2 aliphatic rings. The number of aromatic nitrogens is 3. The van der Waals surface area contributed by atoms with Gasteiger partial charge >= 0.3 is 0 Å². The van der Waals surface area contributed by atoms with Crippen LogP contribution < -0.4 is 15.8 Å². The van der Waals surface area contributed by atoms with E-state index in [4.69, 9.17) is 9.72 Å². The topological polar surface area (TPSA) is 75.5 Å². The lowest BCUT2D eigenvalue weighted by Gasteiger charge is -2.34. The SMILES string of the molecule is CC(C)OC1=CCCC=C1Cn1c(=O)ccc2cnc(Nc3ccc(N4CCN(C)CC4)cc3)nc21. The first-order valence-corrected chi connectivity index (χ1v) is 12.7. The predicted molar refractivity (Wildman–Crippen MR) is 145 cm³/mol. The Morgan fingerprint density at radius 2 is 1.75 bits per heavy atom. The van der Waals surface area contributed by atoms with E-state index in [0.29, 0.717) is 18.1 Å². The maximum absolute atomic E-state index is 12.9. The number of benzene rings is 1. The molecule has 3 aromatic rings. The van der Waals surface area contributed by atoms with Crippen molar-refractivity contribution < 1.29 is 4.74 Å². The number of rotatable bonds is 7. The van der Waals surface area contributed by atoms with Gasteiger partial charge in [-0.2, -0.15) is 4.98 Å². The molecule has 1 saturated heterocycles. The first-order valence-electron chi connectivity index (χ1n) is 12.7. The molecule has 1 N–H and O–H groups in total. The monoisotopic (exact) mass is 486 g/mol. The van der Waals surface area contributed by atoms with Crippen LogP contribution in [0.2, 0.25) is 0 Å². The lowest BCUT2D eigenvalue weighted by atomic mass is 10.0. The van der Waals surface area contributed by atoms with Crippen molar-refractivity contribution in [2.75, 3.05) is 43.4 Å². The molecule has 0 unspecified atom stereocenters. The number of nitrogens with zero attached hydrogens (tertiary/aromatic N) is 5. The average molecular weight is 487 g/mol. The van der Waals surface area contributed by atoms with Crippen LogP contribution in [0.3, 0.4) is 0 Å². The fraction of sp³-hybridized carbons (Fsp3) is 0.393. The number of pyridine rings is 1. The van der Waals surface area contributed by atoms with Gasteiger partial charge in [0.2, 0.25) is 5.95 Å². The van der Waals surface area contributed by atoms with E-state index in [9.17, 15) is 4.79 Å². The van der Waals surface area contributed by atoms with Gasteiger partial charge in [-0.25, -0.2) is 4.98 Å². The Morgan fingerprint density at radius 3 is 2.50 bits per heavy atom. The molecule has 0 amide bonds. The highest BCUT2D eigenvalue weighted by Gasteiger charge is 2.16. The van der Waals surface area contributed by atoms with Crippen LogP contribution in [0, 0.1) is 0 Å². The highest BCUT2D eigenvalue weighted by atomic mass is 16.5. The average Bonchev–Trinajstić information content (AvgIpc) is 2.87. The minimum atomic E-state index is -0.0981. The van der Waals surface area contributed by atoms with Crippen LogP contribution >= 0.6 is 0 Å². The van der Waals surface area contributed by atoms with Crippen molar-refractivity contribution in [1.82, 2.24) is 19.4 Å². The number of allylic oxidation sites excluding steroid dienone is 3. The molecule has 1 aliphatic heterocycles. The van der Waals surface area contributed by atoms with Crippen molar-refractivity contribution in [1.29, 1.82) is 0 Å². The summed E-state index contributed by atoms with van der Waals surface area (Å²) in [6.45, 7) is 8.65. The minimum Gasteiger partial charge on any atom is -0.491 e. The van der Waals surface area contributed by atoms with Gasteiger partial charge < -0.3 is 19.9 Å². The second-order valence-electron chi connectivity index (χ2n) is 9.73. The molecule has 0 radical (unpaired) electrons. The second-order valence-corrected chi connectivity index (χ2v) is 9.73. The third-order valence-electron chi connectivity index (χ3n) is 6.61. The number of hydrogen-bond acceptors (Lipinski definition) is 7. The van der Waals surface area contributed by atoms with Gasteiger partial charge in [-0.15, -0.1) is 0 Å². The lowest BCUT2D eigenvalue weighted by molar-refractivity contribution is 0.150. The molecule has 8 nitrogen and oxygen atoms in total. The van der Waals surface area contributed by atoms with Crippen LogP contribution in [-0.2, 0) is 11.3 Å². The minimum absolute atomic E-state index is 0.0720. The van der Waals surface area contributed by atoms with Crippen LogP contribution in [0.4, 0.5) is 17.3 Å². The molecule has 1 aliphatic carbocycles. The van der Waals surface area contributed by atoms with E-state index in [-0.39, 0.29) is 11.7 Å². The van der Waals surface area contributed by atoms with Gasteiger partial charge in [-0.3, -0.25) is 9.36 Å². The van der Waals surface area contributed by atoms with Crippen LogP contribution in [0.15, 0.2) is 70.9 Å². The van der Waals surface area contributed by atoms with Gasteiger partial charge in [-0.1, -0.05) is 6.08 Å². The molecule has 2 aromatic heterocycles. The summed E-state index contributed by atoms with van der Waals surface area (Å²) in [5, 5.41) is 4.12. The molecule has 5 rings (SSSR count). The Hall–Kier alpha value is -3.65. The Morgan fingerprint density at radius 1 is 1.00 bits per heavy atom. The summed E-state index contributed by atoms with van der Waals surface area (Å²) in [7, 11) is 2.16. The first kappa shape index (κ1) is 24.1. The number of hydrogen-bond donors (Lipinski definition) is 1. The molecule has 0 atom stereocenters. The number of anilines is 3. The summed E-state index contributed by atoms with van der Waals surface area (Å²) in [6, 6.07) is 11.7. The zero-order chi connectivity index (χ0) is 25.1. The normalized spacial score (nSPS) is 16.7. The predicted octanol–water partition coefficient (Wildman–Crippen LogP) is 4.32. The van der Waals surface area contributed by atoms with Gasteiger partial charge in [-0.05, 0) is 70.1 Å². The number of nitrogens with one attached hydrogen (secondary N) is 1. The Bertz CT molecular complexity index is 1330. The van der Waals surface area contributed by atoms with Gasteiger partial charge in [0.25, 0.3) is 5.56 Å². The van der Waals surface area contributed by atoms with E-state index in [0.717, 1.165) is 61.4 Å². The third-order valence-corrected chi connectivity index (χ3v) is 6.61. The molecule has 1 fully saturated rings. The maximum Gasteiger partial charge on any atom is 0.252 e. The maximum atomic E-state index is 12.9. The van der Waals surface area contributed by atoms with E-state index in [1.807, 2.05) is 26.0 Å². The molecule has 188 valence electrons. The largest absolute Gasteiger partial charge is 0.491 e. The summed E-state index contributed by atoms with van der Waals surface area (Å²) >= 11 is 0. The van der Waals surface area contributed by atoms with Gasteiger partial charge in [0, 0.05) is 60.8 Å². The molecule has 1 aromatic carbocycles. The molecule has 0 spiro atoms. The Kier molecular flexibility index (Phi) is 7.04. The van der Waals surface area contributed by atoms with Crippen LogP contribution in [0.1, 0.15) is 26.7 Å². The van der Waals surface area contributed by atoms with Gasteiger partial charge in [0.15, 0.2) is 0 Å². The molecular formula is C28H34N6O2. The molecular weight excluding hydrogens is 452 g/mol. The van der Waals surface area contributed by atoms with Crippen molar-refractivity contribution in [3.05, 3.63) is 76.4 Å². The van der Waals surface area contributed by atoms with Crippen LogP contribution in [0.25, 0.3) is 11.0 Å². The summed E-state index contributed by atoms with van der Waals surface area (Å²) in [5.41, 5.74) is 3.64. The van der Waals surface area contributed by atoms with E-state index in [2.05, 4.69) is 51.4 Å². The van der Waals surface area contributed by atoms with Crippen molar-refractivity contribution in [2.45, 2.75) is 39.3 Å². The number of piperazine rings is 1. The standard InChI is InChI=1S/C28H34N6O2/c1-20(2)36-25-7-5-4-6-22(25)19-34-26(35)13-8-21-18-29-28(31-27(21)34)30-23-9-11-24(12-10-23)33-16-14-32(3)15-17-33/h6-13,18,20H,4-5,14-17,19H2,1-3H3,(H,29,30,31). The van der Waals surface area contributed by atoms with Gasteiger partial charge in [0.1, 0.15) is 11.4 Å². The fourth-order valence-electron chi connectivity index (χ4n) is 4.63. The fourth-order valence-corrected chi connectivity index (χ4v) is 4.63. The van der Waals surface area contributed by atoms with Crippen molar-refractivity contribution in [3.63, 3.8) is 0 Å². The molecule has 0 saturated carbocycles. The van der Waals surface area contributed by atoms with Crippen molar-refractivity contribution >= 4 is 28.4 Å². The van der Waals surface area contributed by atoms with E-state index >= 15 is 0 Å². The van der Waals surface area contributed by atoms with Crippen molar-refractivity contribution in [3.8, 4) is 0 Å². The van der Waals surface area contributed by atoms with E-state index in [1.54, 1.807) is 22.9 Å². The first-order chi connectivity index (χ1) is 17.5.